The number of hydrogen-bond donors (Lipinski definition) is 2. The van der Waals surface area contributed by atoms with Crippen molar-refractivity contribution in [3.8, 4) is 0 Å². The molecular weight excluding hydrogens is 258 g/mol. The molecule has 2 N–H and O–H groups in total. The van der Waals surface area contributed by atoms with Gasteiger partial charge in [-0.1, -0.05) is 11.6 Å². The Morgan fingerprint density at radius 1 is 1.65 bits per heavy atom. The largest absolute Gasteiger partial charge is 0.390 e. The van der Waals surface area contributed by atoms with Crippen molar-refractivity contribution in [2.24, 2.45) is 0 Å². The summed E-state index contributed by atoms with van der Waals surface area (Å²) >= 11 is 7.42. The van der Waals surface area contributed by atoms with Crippen LogP contribution in [0.2, 0.25) is 4.34 Å². The van der Waals surface area contributed by atoms with Gasteiger partial charge in [-0.15, -0.1) is 11.3 Å². The predicted octanol–water partition coefficient (Wildman–Crippen LogP) is 2.07. The van der Waals surface area contributed by atoms with Gasteiger partial charge in [0.05, 0.1) is 23.2 Å². The molecule has 2 atom stereocenters. The molecule has 2 rings (SSSR count). The lowest BCUT2D eigenvalue weighted by atomic mass is 9.92. The van der Waals surface area contributed by atoms with Crippen molar-refractivity contribution in [1.29, 1.82) is 0 Å². The first kappa shape index (κ1) is 13.3. The smallest absolute Gasteiger partial charge is 0.0931 e. The molecule has 1 aromatic rings. The van der Waals surface area contributed by atoms with Crippen molar-refractivity contribution in [2.75, 3.05) is 19.8 Å². The minimum absolute atomic E-state index is 0.245. The maximum absolute atomic E-state index is 10.4. The molecule has 1 saturated heterocycles. The Morgan fingerprint density at radius 2 is 2.47 bits per heavy atom. The molecule has 0 saturated carbocycles. The Kier molecular flexibility index (Phi) is 4.44. The Labute approximate surface area is 111 Å². The van der Waals surface area contributed by atoms with Crippen LogP contribution in [0.3, 0.4) is 0 Å². The first-order valence-corrected chi connectivity index (χ1v) is 7.02. The van der Waals surface area contributed by atoms with Gasteiger partial charge < -0.3 is 15.2 Å². The molecule has 0 spiro atoms. The van der Waals surface area contributed by atoms with Crippen molar-refractivity contribution >= 4 is 22.9 Å². The summed E-state index contributed by atoms with van der Waals surface area (Å²) in [6.45, 7) is 4.18. The summed E-state index contributed by atoms with van der Waals surface area (Å²) in [5.74, 6) is 0. The SMILES string of the molecule is CC(O)(Cc1ccc(Cl)s1)CC1COCCN1. The van der Waals surface area contributed by atoms with Crippen molar-refractivity contribution in [1.82, 2.24) is 5.32 Å². The summed E-state index contributed by atoms with van der Waals surface area (Å²) in [5.41, 5.74) is -0.716. The standard InChI is InChI=1S/C12H18ClNO2S/c1-12(15,6-9-8-16-5-4-14-9)7-10-2-3-11(13)17-10/h2-3,9,14-15H,4-8H2,1H3. The second kappa shape index (κ2) is 5.67. The number of rotatable bonds is 4. The second-order valence-corrected chi connectivity index (χ2v) is 6.61. The maximum atomic E-state index is 10.4. The van der Waals surface area contributed by atoms with Crippen LogP contribution < -0.4 is 5.32 Å². The molecule has 17 heavy (non-hydrogen) atoms. The molecule has 96 valence electrons. The molecular formula is C12H18ClNO2S. The number of morpholine rings is 1. The van der Waals surface area contributed by atoms with Gasteiger partial charge in [0, 0.05) is 23.9 Å². The number of aliphatic hydroxyl groups is 1. The Hall–Kier alpha value is -0.130. The summed E-state index contributed by atoms with van der Waals surface area (Å²) in [4.78, 5) is 1.12. The minimum atomic E-state index is -0.716. The van der Waals surface area contributed by atoms with Crippen LogP contribution in [0, 0.1) is 0 Å². The molecule has 1 aliphatic rings. The van der Waals surface area contributed by atoms with Crippen LogP contribution in [0.25, 0.3) is 0 Å². The van der Waals surface area contributed by atoms with E-state index < -0.39 is 5.60 Å². The molecule has 2 unspecified atom stereocenters. The van der Waals surface area contributed by atoms with Crippen LogP contribution in [0.4, 0.5) is 0 Å². The molecule has 0 bridgehead atoms. The zero-order chi connectivity index (χ0) is 12.3. The minimum Gasteiger partial charge on any atom is -0.390 e. The average Bonchev–Trinajstić information content (AvgIpc) is 2.63. The van der Waals surface area contributed by atoms with Gasteiger partial charge in [-0.3, -0.25) is 0 Å². The maximum Gasteiger partial charge on any atom is 0.0931 e. The van der Waals surface area contributed by atoms with Gasteiger partial charge in [0.1, 0.15) is 0 Å². The van der Waals surface area contributed by atoms with Crippen molar-refractivity contribution < 1.29 is 9.84 Å². The first-order valence-electron chi connectivity index (χ1n) is 5.83. The van der Waals surface area contributed by atoms with Crippen molar-refractivity contribution in [3.63, 3.8) is 0 Å². The Bertz CT molecular complexity index is 361. The number of hydrogen-bond acceptors (Lipinski definition) is 4. The molecule has 3 nitrogen and oxygen atoms in total. The highest BCUT2D eigenvalue weighted by atomic mass is 35.5. The lowest BCUT2D eigenvalue weighted by Gasteiger charge is -2.31. The molecule has 2 heterocycles. The monoisotopic (exact) mass is 275 g/mol. The van der Waals surface area contributed by atoms with E-state index in [2.05, 4.69) is 5.32 Å². The normalized spacial score (nSPS) is 24.5. The summed E-state index contributed by atoms with van der Waals surface area (Å²) in [6, 6.07) is 4.10. The van der Waals surface area contributed by atoms with Crippen LogP contribution in [0.1, 0.15) is 18.2 Å². The van der Waals surface area contributed by atoms with E-state index in [9.17, 15) is 5.11 Å². The lowest BCUT2D eigenvalue weighted by Crippen LogP contribution is -2.46. The number of nitrogens with one attached hydrogen (secondary N) is 1. The molecule has 1 aliphatic heterocycles. The lowest BCUT2D eigenvalue weighted by molar-refractivity contribution is 0.00696. The van der Waals surface area contributed by atoms with Crippen molar-refractivity contribution in [3.05, 3.63) is 21.3 Å². The highest BCUT2D eigenvalue weighted by Gasteiger charge is 2.27. The summed E-state index contributed by atoms with van der Waals surface area (Å²) in [6.07, 6.45) is 1.34. The van der Waals surface area contributed by atoms with Gasteiger partial charge in [-0.25, -0.2) is 0 Å². The van der Waals surface area contributed by atoms with E-state index in [0.717, 1.165) is 22.4 Å². The fourth-order valence-corrected chi connectivity index (χ4v) is 3.44. The Balaban J connectivity index is 1.88. The fourth-order valence-electron chi connectivity index (χ4n) is 2.18. The fraction of sp³-hybridized carbons (Fsp3) is 0.667. The number of thiophene rings is 1. The highest BCUT2D eigenvalue weighted by molar-refractivity contribution is 7.16. The summed E-state index contributed by atoms with van der Waals surface area (Å²) in [5, 5.41) is 13.8. The number of halogens is 1. The molecule has 1 aromatic heterocycles. The van der Waals surface area contributed by atoms with Gasteiger partial charge in [-0.2, -0.15) is 0 Å². The van der Waals surface area contributed by atoms with Crippen LogP contribution in [-0.2, 0) is 11.2 Å². The average molecular weight is 276 g/mol. The van der Waals surface area contributed by atoms with Crippen LogP contribution >= 0.6 is 22.9 Å². The van der Waals surface area contributed by atoms with E-state index in [1.165, 1.54) is 11.3 Å². The van der Waals surface area contributed by atoms with Gasteiger partial charge in [0.15, 0.2) is 0 Å². The van der Waals surface area contributed by atoms with E-state index in [0.29, 0.717) is 19.4 Å². The highest BCUT2D eigenvalue weighted by Crippen LogP contribution is 2.27. The summed E-state index contributed by atoms with van der Waals surface area (Å²) in [7, 11) is 0. The molecule has 0 amide bonds. The second-order valence-electron chi connectivity index (χ2n) is 4.81. The molecule has 1 fully saturated rings. The third-order valence-electron chi connectivity index (χ3n) is 2.87. The molecule has 0 radical (unpaired) electrons. The van der Waals surface area contributed by atoms with Crippen LogP contribution in [0.15, 0.2) is 12.1 Å². The quantitative estimate of drug-likeness (QED) is 0.884. The van der Waals surface area contributed by atoms with Gasteiger partial charge in [-0.05, 0) is 25.5 Å². The van der Waals surface area contributed by atoms with Crippen molar-refractivity contribution in [2.45, 2.75) is 31.4 Å². The number of ether oxygens (including phenoxy) is 1. The predicted molar refractivity (Wildman–Crippen MR) is 70.9 cm³/mol. The van der Waals surface area contributed by atoms with E-state index >= 15 is 0 Å². The van der Waals surface area contributed by atoms with Gasteiger partial charge in [0.2, 0.25) is 0 Å². The van der Waals surface area contributed by atoms with E-state index in [-0.39, 0.29) is 6.04 Å². The van der Waals surface area contributed by atoms with E-state index in [1.807, 2.05) is 19.1 Å². The first-order chi connectivity index (χ1) is 8.05. The Morgan fingerprint density at radius 3 is 3.06 bits per heavy atom. The van der Waals surface area contributed by atoms with Crippen LogP contribution in [-0.4, -0.2) is 36.5 Å². The zero-order valence-corrected chi connectivity index (χ0v) is 11.5. The third kappa shape index (κ3) is 4.23. The van der Waals surface area contributed by atoms with E-state index in [1.54, 1.807) is 0 Å². The molecule has 0 aromatic carbocycles. The van der Waals surface area contributed by atoms with E-state index in [4.69, 9.17) is 16.3 Å². The topological polar surface area (TPSA) is 41.5 Å². The molecule has 0 aliphatic carbocycles. The third-order valence-corrected chi connectivity index (χ3v) is 4.10. The van der Waals surface area contributed by atoms with Gasteiger partial charge in [0.25, 0.3) is 0 Å². The van der Waals surface area contributed by atoms with Gasteiger partial charge >= 0.3 is 0 Å². The molecule has 5 heteroatoms. The van der Waals surface area contributed by atoms with Crippen LogP contribution in [0.5, 0.6) is 0 Å². The zero-order valence-electron chi connectivity index (χ0n) is 9.91. The summed E-state index contributed by atoms with van der Waals surface area (Å²) < 4.78 is 6.16.